The van der Waals surface area contributed by atoms with Crippen LogP contribution < -0.4 is 37.7 Å². The number of aromatic nitrogens is 6. The Morgan fingerprint density at radius 1 is 0.633 bits per heavy atom. The summed E-state index contributed by atoms with van der Waals surface area (Å²) in [6, 6.07) is 11.7. The molecule has 2 N–H and O–H groups in total. The van der Waals surface area contributed by atoms with Gasteiger partial charge in [-0.25, -0.2) is 19.9 Å². The number of benzene rings is 1. The number of H-pyrrole nitrogens is 1. The second-order valence-electron chi connectivity index (χ2n) is 9.46. The van der Waals surface area contributed by atoms with Crippen LogP contribution in [0.1, 0.15) is 7.43 Å². The van der Waals surface area contributed by atoms with E-state index in [1.807, 2.05) is 66.8 Å². The summed E-state index contributed by atoms with van der Waals surface area (Å²) in [5, 5.41) is 13.0. The number of ether oxygens (including phenoxy) is 1. The van der Waals surface area contributed by atoms with Crippen LogP contribution in [0.2, 0.25) is 0 Å². The van der Waals surface area contributed by atoms with Gasteiger partial charge >= 0.3 is 0 Å². The molecule has 9 heterocycles. The number of fused-ring (bicyclic) bond motifs is 3. The van der Waals surface area contributed by atoms with Crippen molar-refractivity contribution in [1.82, 2.24) is 35.5 Å². The lowest BCUT2D eigenvalue weighted by molar-refractivity contribution is 0.109. The number of hydrogen-bond donors (Lipinski definition) is 2. The van der Waals surface area contributed by atoms with Crippen LogP contribution in [0, 0.1) is 0 Å². The van der Waals surface area contributed by atoms with E-state index in [-0.39, 0.29) is 7.43 Å². The number of nitrogens with one attached hydrogen (secondary N) is 2. The Bertz CT molecular complexity index is 1650. The molecule has 15 heteroatoms. The highest BCUT2D eigenvalue weighted by molar-refractivity contribution is 5.73. The molecule has 0 atom stereocenters. The van der Waals surface area contributed by atoms with Crippen LogP contribution in [0.15, 0.2) is 127 Å². The van der Waals surface area contributed by atoms with Crippen molar-refractivity contribution in [3.05, 3.63) is 124 Å². The molecule has 0 saturated carbocycles. The van der Waals surface area contributed by atoms with Crippen LogP contribution in [0.4, 0.5) is 0 Å². The van der Waals surface area contributed by atoms with Gasteiger partial charge in [0.1, 0.15) is 36.7 Å². The smallest absolute Gasteiger partial charge is 0.174 e. The van der Waals surface area contributed by atoms with E-state index in [0.717, 1.165) is 78.3 Å². The fourth-order valence-electron chi connectivity index (χ4n) is 3.85. The topological polar surface area (TPSA) is 188 Å². The third-order valence-electron chi connectivity index (χ3n) is 6.08. The SMILES string of the molecule is C.C1=CCN=C1.C1=CCN=C1.C1=c2nccnc2=NC1.C1COCCN1.c1ccc2c(c1)=NCN=2.c1cnc2c(c1)=NCN=2.c1nc[nH]n1. The summed E-state index contributed by atoms with van der Waals surface area (Å²) in [7, 11) is 0. The molecule has 0 amide bonds. The molecule has 0 aliphatic carbocycles. The second kappa shape index (κ2) is 24.4. The van der Waals surface area contributed by atoms with Crippen molar-refractivity contribution in [3.63, 3.8) is 0 Å². The van der Waals surface area contributed by atoms with Crippen molar-refractivity contribution in [2.75, 3.05) is 59.3 Å². The summed E-state index contributed by atoms with van der Waals surface area (Å²) in [6.07, 6.45) is 21.5. The molecule has 3 aromatic heterocycles. The van der Waals surface area contributed by atoms with Gasteiger partial charge in [0.2, 0.25) is 0 Å². The average molecular weight is 663 g/mol. The second-order valence-corrected chi connectivity index (χ2v) is 9.46. The zero-order chi connectivity index (χ0) is 33.2. The third-order valence-corrected chi connectivity index (χ3v) is 6.08. The van der Waals surface area contributed by atoms with Gasteiger partial charge in [0.15, 0.2) is 11.0 Å². The molecule has 15 nitrogen and oxygen atoms in total. The zero-order valence-corrected chi connectivity index (χ0v) is 26.5. The predicted octanol–water partition coefficient (Wildman–Crippen LogP) is -0.620. The van der Waals surface area contributed by atoms with Gasteiger partial charge in [0, 0.05) is 44.1 Å². The minimum Gasteiger partial charge on any atom is -0.379 e. The summed E-state index contributed by atoms with van der Waals surface area (Å²) < 4.78 is 5.01. The number of rotatable bonds is 0. The van der Waals surface area contributed by atoms with E-state index in [1.54, 1.807) is 31.0 Å². The number of hydrogen-bond acceptors (Lipinski definition) is 14. The summed E-state index contributed by atoms with van der Waals surface area (Å²) in [5.41, 5.74) is 1.55. The summed E-state index contributed by atoms with van der Waals surface area (Å²) in [5.74, 6) is 0. The van der Waals surface area contributed by atoms with Crippen LogP contribution in [-0.2, 0) is 4.74 Å². The van der Waals surface area contributed by atoms with E-state index >= 15 is 0 Å². The van der Waals surface area contributed by atoms with E-state index in [9.17, 15) is 0 Å². The molecule has 49 heavy (non-hydrogen) atoms. The lowest BCUT2D eigenvalue weighted by atomic mass is 10.3. The number of para-hydroxylation sites is 2. The number of morpholine rings is 1. The number of aromatic amines is 1. The highest BCUT2D eigenvalue weighted by Gasteiger charge is 1.94. The van der Waals surface area contributed by atoms with Crippen LogP contribution in [0.25, 0.3) is 6.08 Å². The quantitative estimate of drug-likeness (QED) is 0.251. The Balaban J connectivity index is 0.000000157. The Labute approximate surface area is 284 Å². The molecule has 254 valence electrons. The molecule has 0 unspecified atom stereocenters. The highest BCUT2D eigenvalue weighted by atomic mass is 16.5. The van der Waals surface area contributed by atoms with Gasteiger partial charge in [-0.3, -0.25) is 40.0 Å². The van der Waals surface area contributed by atoms with Gasteiger partial charge < -0.3 is 10.1 Å². The fourth-order valence-corrected chi connectivity index (χ4v) is 3.85. The predicted molar refractivity (Wildman–Crippen MR) is 189 cm³/mol. The number of pyridine rings is 1. The highest BCUT2D eigenvalue weighted by Crippen LogP contribution is 1.80. The standard InChI is InChI=1S/C7H6N2.2C6H5N3.C4H9NO.2C4H5N.C2H3N3.CH4/c1-2-4-7-6(3-1)8-5-9-7;1-2-8-6-5(1)7-3-4-9-6;1-2-5-6(7-3-1)9-4-8-5;1-3-6-4-2-5-1;2*1-2-4-5-3-1;1-3-2-5-4-1;/h1-4H,5H2;1,3-4H,2H2;1-3H,4H2;5H,1-4H2;2*1-3H,4H2;1-2H,(H,3,4,5);1H4. The van der Waals surface area contributed by atoms with Crippen LogP contribution in [-0.4, -0.2) is 102 Å². The molecule has 10 rings (SSSR count). The summed E-state index contributed by atoms with van der Waals surface area (Å²) in [6.45, 7) is 7.50. The molecule has 6 aliphatic heterocycles. The average Bonchev–Trinajstić information content (AvgIpc) is 4.03. The lowest BCUT2D eigenvalue weighted by Crippen LogP contribution is -2.30. The summed E-state index contributed by atoms with van der Waals surface area (Å²) >= 11 is 0. The normalized spacial score (nSPS) is 14.9. The van der Waals surface area contributed by atoms with Crippen molar-refractivity contribution in [2.24, 2.45) is 34.9 Å². The Morgan fingerprint density at radius 3 is 1.78 bits per heavy atom. The molecular weight excluding hydrogens is 620 g/mol. The van der Waals surface area contributed by atoms with Crippen molar-refractivity contribution in [3.8, 4) is 0 Å². The molecule has 6 aliphatic rings. The number of nitrogens with zero attached hydrogens (tertiary/aromatic N) is 12. The van der Waals surface area contributed by atoms with Crippen molar-refractivity contribution in [1.29, 1.82) is 0 Å². The molecule has 1 aromatic carbocycles. The number of allylic oxidation sites excluding steroid dienone is 2. The minimum atomic E-state index is 0. The van der Waals surface area contributed by atoms with Gasteiger partial charge in [-0.1, -0.05) is 31.7 Å². The Morgan fingerprint density at radius 2 is 1.29 bits per heavy atom. The molecule has 0 radical (unpaired) electrons. The first-order chi connectivity index (χ1) is 23.9. The van der Waals surface area contributed by atoms with Crippen molar-refractivity contribution >= 4 is 18.5 Å². The molecule has 4 aromatic rings. The maximum absolute atomic E-state index is 5.01. The maximum Gasteiger partial charge on any atom is 0.174 e. The first-order valence-electron chi connectivity index (χ1n) is 15.3. The van der Waals surface area contributed by atoms with E-state index in [4.69, 9.17) is 4.74 Å². The van der Waals surface area contributed by atoms with Gasteiger partial charge in [-0.2, -0.15) is 5.10 Å². The van der Waals surface area contributed by atoms with E-state index in [1.165, 1.54) is 12.7 Å². The van der Waals surface area contributed by atoms with Crippen LogP contribution in [0.3, 0.4) is 0 Å². The van der Waals surface area contributed by atoms with Gasteiger partial charge in [-0.15, -0.1) is 0 Å². The molecule has 0 spiro atoms. The molecule has 1 saturated heterocycles. The molecule has 1 fully saturated rings. The minimum absolute atomic E-state index is 0. The molecular formula is C34H42N14O. The fraction of sp³-hybridized carbons (Fsp3) is 0.294. The van der Waals surface area contributed by atoms with Crippen molar-refractivity contribution < 1.29 is 4.74 Å². The van der Waals surface area contributed by atoms with Gasteiger partial charge in [-0.05, 0) is 42.5 Å². The summed E-state index contributed by atoms with van der Waals surface area (Å²) in [4.78, 5) is 43.7. The van der Waals surface area contributed by atoms with Gasteiger partial charge in [0.25, 0.3) is 0 Å². The first kappa shape index (κ1) is 37.7. The zero-order valence-electron chi connectivity index (χ0n) is 26.5. The lowest BCUT2D eigenvalue weighted by Gasteiger charge is -2.10. The monoisotopic (exact) mass is 662 g/mol. The van der Waals surface area contributed by atoms with Crippen molar-refractivity contribution in [2.45, 2.75) is 7.43 Å². The number of aliphatic imine (C=N–C) groups is 2. The van der Waals surface area contributed by atoms with E-state index in [0.29, 0.717) is 13.3 Å². The maximum atomic E-state index is 5.01. The molecule has 0 bridgehead atoms. The van der Waals surface area contributed by atoms with Crippen LogP contribution >= 0.6 is 0 Å². The Hall–Kier alpha value is -5.80. The van der Waals surface area contributed by atoms with Crippen LogP contribution in [0.5, 0.6) is 0 Å². The Kier molecular flexibility index (Phi) is 18.7. The van der Waals surface area contributed by atoms with E-state index in [2.05, 4.69) is 70.4 Å². The van der Waals surface area contributed by atoms with Gasteiger partial charge in [0.05, 0.1) is 43.6 Å². The largest absolute Gasteiger partial charge is 0.379 e. The third kappa shape index (κ3) is 15.6. The first-order valence-corrected chi connectivity index (χ1v) is 15.3. The van der Waals surface area contributed by atoms with E-state index < -0.39 is 0 Å².